The molecule has 0 unspecified atom stereocenters. The van der Waals surface area contributed by atoms with Crippen LogP contribution in [0.4, 0.5) is 4.79 Å². The highest BCUT2D eigenvalue weighted by molar-refractivity contribution is 6.05. The summed E-state index contributed by atoms with van der Waals surface area (Å²) in [6.07, 6.45) is 1.68. The molecule has 5 rings (SSSR count). The number of imidazole rings is 1. The Morgan fingerprint density at radius 3 is 1.98 bits per heavy atom. The molecular weight excluding hydrogens is 715 g/mol. The Balaban J connectivity index is 1.72. The van der Waals surface area contributed by atoms with Crippen LogP contribution in [0.5, 0.6) is 0 Å². The van der Waals surface area contributed by atoms with Gasteiger partial charge >= 0.3 is 6.09 Å². The summed E-state index contributed by atoms with van der Waals surface area (Å²) in [5.41, 5.74) is 6.06. The number of amides is 4. The predicted octanol–water partition coefficient (Wildman–Crippen LogP) is 3.98. The van der Waals surface area contributed by atoms with Crippen LogP contribution in [0.3, 0.4) is 0 Å². The Hall–Kier alpha value is -5.41. The Morgan fingerprint density at radius 2 is 1.46 bits per heavy atom. The van der Waals surface area contributed by atoms with E-state index in [1.165, 1.54) is 12.5 Å². The van der Waals surface area contributed by atoms with Crippen LogP contribution >= 0.6 is 0 Å². The van der Waals surface area contributed by atoms with E-state index in [9.17, 15) is 14.7 Å². The molecule has 0 aliphatic carbocycles. The predicted molar refractivity (Wildman–Crippen MR) is 209 cm³/mol. The summed E-state index contributed by atoms with van der Waals surface area (Å²) < 4.78 is 11.4. The molecule has 4 N–H and O–H groups in total. The van der Waals surface area contributed by atoms with E-state index in [0.717, 1.165) is 15.5 Å². The van der Waals surface area contributed by atoms with Crippen LogP contribution in [0.2, 0.25) is 0 Å². The zero-order chi connectivity index (χ0) is 40.0. The molecule has 0 spiro atoms. The van der Waals surface area contributed by atoms with Gasteiger partial charge in [-0.2, -0.15) is 0 Å². The van der Waals surface area contributed by atoms with Crippen LogP contribution in [0.25, 0.3) is 0 Å². The van der Waals surface area contributed by atoms with Crippen molar-refractivity contribution >= 4 is 23.8 Å². The summed E-state index contributed by atoms with van der Waals surface area (Å²) in [4.78, 5) is 68.5. The van der Waals surface area contributed by atoms with Crippen LogP contribution in [0, 0.1) is 0 Å². The lowest BCUT2D eigenvalue weighted by Gasteiger charge is -2.45. The van der Waals surface area contributed by atoms with Gasteiger partial charge in [-0.25, -0.2) is 25.2 Å². The number of ether oxygens (including phenoxy) is 2. The van der Waals surface area contributed by atoms with Crippen LogP contribution in [0.15, 0.2) is 104 Å². The molecule has 14 heteroatoms. The molecule has 1 atom stereocenters. The minimum Gasteiger partial charge on any atom is -0.443 e. The average Bonchev–Trinajstić information content (AvgIpc) is 3.71. The van der Waals surface area contributed by atoms with Crippen molar-refractivity contribution in [3.05, 3.63) is 126 Å². The first-order valence-electron chi connectivity index (χ1n) is 19.0. The lowest BCUT2D eigenvalue weighted by atomic mass is 9.81. The molecule has 1 aromatic heterocycles. The third-order valence-corrected chi connectivity index (χ3v) is 9.27. The SMILES string of the molecule is CC(C)(C)OC(=O)N(NCc1ccccc1)[C@H](Cc1cnc[nH]1)C(=O)N(C(=O)CCCO)C(Cc1ccccc1)(Cc1ccccc1)C(=O)NN1CCOCC1. The van der Waals surface area contributed by atoms with Gasteiger partial charge < -0.3 is 19.6 Å². The summed E-state index contributed by atoms with van der Waals surface area (Å²) in [5, 5.41) is 12.8. The van der Waals surface area contributed by atoms with Gasteiger partial charge in [0.25, 0.3) is 11.8 Å². The van der Waals surface area contributed by atoms with Crippen molar-refractivity contribution < 1.29 is 33.8 Å². The fourth-order valence-corrected chi connectivity index (χ4v) is 6.62. The van der Waals surface area contributed by atoms with Crippen molar-refractivity contribution in [1.82, 2.24) is 35.7 Å². The second-order valence-corrected chi connectivity index (χ2v) is 14.8. The molecule has 2 heterocycles. The number of H-pyrrole nitrogens is 1. The van der Waals surface area contributed by atoms with E-state index in [0.29, 0.717) is 43.1 Å². The normalized spacial score (nSPS) is 14.1. The lowest BCUT2D eigenvalue weighted by Crippen LogP contribution is -2.70. The Bertz CT molecular complexity index is 1790. The van der Waals surface area contributed by atoms with Crippen LogP contribution in [-0.4, -0.2) is 104 Å². The Labute approximate surface area is 328 Å². The molecule has 1 fully saturated rings. The molecule has 298 valence electrons. The van der Waals surface area contributed by atoms with E-state index < -0.39 is 41.0 Å². The summed E-state index contributed by atoms with van der Waals surface area (Å²) in [6.45, 7) is 6.51. The Morgan fingerprint density at radius 1 is 0.893 bits per heavy atom. The number of carbonyl (C=O) groups excluding carboxylic acids is 4. The number of imide groups is 1. The minimum atomic E-state index is -1.88. The van der Waals surface area contributed by atoms with Crippen molar-refractivity contribution in [2.45, 2.75) is 76.6 Å². The molecule has 1 aliphatic rings. The van der Waals surface area contributed by atoms with E-state index in [1.807, 2.05) is 91.0 Å². The number of nitrogens with zero attached hydrogens (tertiary/aromatic N) is 4. The number of carbonyl (C=O) groups is 4. The molecule has 0 bridgehead atoms. The average molecular weight is 768 g/mol. The fourth-order valence-electron chi connectivity index (χ4n) is 6.62. The first-order chi connectivity index (χ1) is 27.0. The smallest absolute Gasteiger partial charge is 0.425 e. The van der Waals surface area contributed by atoms with Crippen LogP contribution < -0.4 is 10.9 Å². The van der Waals surface area contributed by atoms with Crippen molar-refractivity contribution in [2.24, 2.45) is 0 Å². The van der Waals surface area contributed by atoms with Gasteiger partial charge in [-0.1, -0.05) is 91.0 Å². The van der Waals surface area contributed by atoms with Crippen LogP contribution in [0.1, 0.15) is 56.0 Å². The summed E-state index contributed by atoms with van der Waals surface area (Å²) in [5.74, 6) is -2.09. The van der Waals surface area contributed by atoms with Crippen LogP contribution in [-0.2, 0) is 49.7 Å². The number of nitrogens with one attached hydrogen (secondary N) is 3. The number of rotatable bonds is 17. The molecule has 1 saturated heterocycles. The second-order valence-electron chi connectivity index (χ2n) is 14.8. The maximum absolute atomic E-state index is 15.8. The second kappa shape index (κ2) is 20.0. The number of aromatic amines is 1. The van der Waals surface area contributed by atoms with Crippen molar-refractivity contribution in [2.75, 3.05) is 32.9 Å². The molecule has 4 aromatic rings. The minimum absolute atomic E-state index is 0.0354. The number of benzene rings is 3. The molecule has 0 radical (unpaired) electrons. The number of morpholine rings is 1. The maximum Gasteiger partial charge on any atom is 0.425 e. The van der Waals surface area contributed by atoms with E-state index in [2.05, 4.69) is 20.8 Å². The van der Waals surface area contributed by atoms with Gasteiger partial charge in [0.1, 0.15) is 17.2 Å². The molecule has 0 saturated carbocycles. The number of aliphatic hydroxyl groups is 1. The van der Waals surface area contributed by atoms with Gasteiger partial charge in [0.05, 0.1) is 19.5 Å². The van der Waals surface area contributed by atoms with E-state index in [1.54, 1.807) is 25.8 Å². The number of aromatic nitrogens is 2. The number of hydrogen-bond acceptors (Lipinski definition) is 10. The van der Waals surface area contributed by atoms with Gasteiger partial charge in [0.2, 0.25) is 5.91 Å². The van der Waals surface area contributed by atoms with Crippen molar-refractivity contribution in [3.63, 3.8) is 0 Å². The van der Waals surface area contributed by atoms with Crippen molar-refractivity contribution in [3.8, 4) is 0 Å². The number of aliphatic hydroxyl groups excluding tert-OH is 1. The highest BCUT2D eigenvalue weighted by Gasteiger charge is 2.53. The zero-order valence-electron chi connectivity index (χ0n) is 32.4. The number of hydrazine groups is 2. The molecule has 1 aliphatic heterocycles. The molecule has 56 heavy (non-hydrogen) atoms. The molecular formula is C42H53N7O7. The standard InChI is InChI=1S/C42H53N7O7/c1-41(2,3)56-40(54)49(45-29-34-18-11-6-12-19-34)36(26-35-30-43-31-44-35)38(52)48(37(51)20-13-23-50)42(27-32-14-7-4-8-15-32,28-33-16-9-5-10-17-33)39(53)46-47-21-24-55-25-22-47/h4-12,14-19,30-31,36,45,50H,13,20-29H2,1-3H3,(H,43,44)(H,46,53)/t36-/m1/s1. The first kappa shape index (κ1) is 41.7. The summed E-state index contributed by atoms with van der Waals surface area (Å²) >= 11 is 0. The van der Waals surface area contributed by atoms with Gasteiger partial charge in [0, 0.05) is 63.8 Å². The zero-order valence-corrected chi connectivity index (χ0v) is 32.4. The van der Waals surface area contributed by atoms with E-state index >= 15 is 9.59 Å². The first-order valence-corrected chi connectivity index (χ1v) is 19.0. The van der Waals surface area contributed by atoms with E-state index in [-0.39, 0.29) is 45.3 Å². The highest BCUT2D eigenvalue weighted by Crippen LogP contribution is 2.31. The largest absolute Gasteiger partial charge is 0.443 e. The number of hydrogen-bond donors (Lipinski definition) is 4. The topological polar surface area (TPSA) is 169 Å². The third-order valence-electron chi connectivity index (χ3n) is 9.27. The monoisotopic (exact) mass is 767 g/mol. The summed E-state index contributed by atoms with van der Waals surface area (Å²) in [6, 6.07) is 26.3. The van der Waals surface area contributed by atoms with Gasteiger partial charge in [-0.15, -0.1) is 0 Å². The van der Waals surface area contributed by atoms with Gasteiger partial charge in [-0.05, 0) is 43.9 Å². The van der Waals surface area contributed by atoms with Gasteiger partial charge in [-0.3, -0.25) is 24.7 Å². The fraction of sp³-hybridized carbons (Fsp3) is 0.405. The van der Waals surface area contributed by atoms with Gasteiger partial charge in [0.15, 0.2) is 0 Å². The molecule has 4 amide bonds. The molecule has 14 nitrogen and oxygen atoms in total. The lowest BCUT2D eigenvalue weighted by molar-refractivity contribution is -0.165. The quantitative estimate of drug-likeness (QED) is 0.115. The molecule has 3 aromatic carbocycles. The highest BCUT2D eigenvalue weighted by atomic mass is 16.6. The summed E-state index contributed by atoms with van der Waals surface area (Å²) in [7, 11) is 0. The van der Waals surface area contributed by atoms with Crippen molar-refractivity contribution in [1.29, 1.82) is 0 Å². The maximum atomic E-state index is 15.8. The third kappa shape index (κ3) is 11.6. The van der Waals surface area contributed by atoms with E-state index in [4.69, 9.17) is 9.47 Å². The Kier molecular flexibility index (Phi) is 14.9.